The van der Waals surface area contributed by atoms with Crippen molar-refractivity contribution in [2.24, 2.45) is 0 Å². The van der Waals surface area contributed by atoms with Gasteiger partial charge in [-0.25, -0.2) is 9.97 Å². The van der Waals surface area contributed by atoms with Crippen LogP contribution in [0.5, 0.6) is 0 Å². The maximum atomic E-state index is 5.30. The molecule has 0 radical (unpaired) electrons. The van der Waals surface area contributed by atoms with E-state index in [4.69, 9.17) is 9.97 Å². The Kier molecular flexibility index (Phi) is 7.97. The number of pyridine rings is 2. The SMILES string of the molecule is c1ccc(N(c2cccc(N(c3ccccc3)c3cccc(N(c4ccccc4)c4ccccc4)n3)c2)c2ccccn2)cc1. The molecule has 0 fully saturated rings. The van der Waals surface area contributed by atoms with E-state index in [-0.39, 0.29) is 0 Å². The zero-order chi connectivity index (χ0) is 30.3. The monoisotopic (exact) mass is 581 g/mol. The lowest BCUT2D eigenvalue weighted by molar-refractivity contribution is 1.13. The van der Waals surface area contributed by atoms with E-state index in [2.05, 4.69) is 142 Å². The van der Waals surface area contributed by atoms with E-state index in [1.165, 1.54) is 0 Å². The molecule has 0 spiro atoms. The largest absolute Gasteiger partial charge is 0.295 e. The zero-order valence-corrected chi connectivity index (χ0v) is 24.6. The minimum Gasteiger partial charge on any atom is -0.295 e. The van der Waals surface area contributed by atoms with Gasteiger partial charge in [0.1, 0.15) is 17.5 Å². The fourth-order valence-corrected chi connectivity index (χ4v) is 5.47. The first kappa shape index (κ1) is 27.6. The molecule has 0 N–H and O–H groups in total. The number of para-hydroxylation sites is 4. The second kappa shape index (κ2) is 13.0. The van der Waals surface area contributed by atoms with Gasteiger partial charge in [0, 0.05) is 40.3 Å². The van der Waals surface area contributed by atoms with E-state index in [1.807, 2.05) is 60.8 Å². The Labute approximate surface area is 263 Å². The van der Waals surface area contributed by atoms with Crippen LogP contribution in [0.3, 0.4) is 0 Å². The Hall–Kier alpha value is -6.20. The van der Waals surface area contributed by atoms with Crippen molar-refractivity contribution in [3.8, 4) is 0 Å². The summed E-state index contributed by atoms with van der Waals surface area (Å²) in [7, 11) is 0. The average molecular weight is 582 g/mol. The van der Waals surface area contributed by atoms with Crippen LogP contribution in [0.15, 0.2) is 188 Å². The van der Waals surface area contributed by atoms with E-state index in [1.54, 1.807) is 0 Å². The van der Waals surface area contributed by atoms with Gasteiger partial charge in [-0.05, 0) is 91.0 Å². The third-order valence-corrected chi connectivity index (χ3v) is 7.46. The van der Waals surface area contributed by atoms with E-state index < -0.39 is 0 Å². The number of nitrogens with zero attached hydrogens (tertiary/aromatic N) is 5. The molecule has 45 heavy (non-hydrogen) atoms. The lowest BCUT2D eigenvalue weighted by Crippen LogP contribution is -2.16. The normalized spacial score (nSPS) is 10.7. The average Bonchev–Trinajstić information content (AvgIpc) is 3.12. The van der Waals surface area contributed by atoms with Gasteiger partial charge in [0.2, 0.25) is 0 Å². The maximum Gasteiger partial charge on any atom is 0.140 e. The first-order chi connectivity index (χ1) is 22.3. The van der Waals surface area contributed by atoms with Crippen molar-refractivity contribution in [2.75, 3.05) is 14.7 Å². The Morgan fingerprint density at radius 1 is 0.289 bits per heavy atom. The molecule has 0 saturated heterocycles. The molecule has 0 unspecified atom stereocenters. The van der Waals surface area contributed by atoms with Gasteiger partial charge >= 0.3 is 0 Å². The molecule has 0 bridgehead atoms. The number of hydrogen-bond acceptors (Lipinski definition) is 5. The van der Waals surface area contributed by atoms with Crippen LogP contribution in [-0.2, 0) is 0 Å². The standard InChI is InChI=1S/C40H31N5/c1-5-17-32(18-6-1)43(33-19-7-2-8-20-33)39-28-16-29-40(42-39)45(35-23-11-4-12-24-35)37-26-15-25-36(31-37)44(34-21-9-3-10-22-34)38-27-13-14-30-41-38/h1-31H. The quantitative estimate of drug-likeness (QED) is 0.169. The molecular formula is C40H31N5. The molecule has 0 amide bonds. The van der Waals surface area contributed by atoms with Crippen LogP contribution in [0, 0.1) is 0 Å². The molecule has 7 aromatic rings. The first-order valence-electron chi connectivity index (χ1n) is 14.9. The van der Waals surface area contributed by atoms with Crippen molar-refractivity contribution in [3.63, 3.8) is 0 Å². The first-order valence-corrected chi connectivity index (χ1v) is 14.9. The van der Waals surface area contributed by atoms with Crippen LogP contribution in [0.1, 0.15) is 0 Å². The highest BCUT2D eigenvalue weighted by Gasteiger charge is 2.20. The zero-order valence-electron chi connectivity index (χ0n) is 24.6. The number of anilines is 9. The topological polar surface area (TPSA) is 35.5 Å². The van der Waals surface area contributed by atoms with E-state index in [0.29, 0.717) is 0 Å². The molecule has 216 valence electrons. The second-order valence-corrected chi connectivity index (χ2v) is 10.4. The summed E-state index contributed by atoms with van der Waals surface area (Å²) < 4.78 is 0. The third-order valence-electron chi connectivity index (χ3n) is 7.46. The van der Waals surface area contributed by atoms with Gasteiger partial charge in [-0.3, -0.25) is 14.7 Å². The van der Waals surface area contributed by atoms with Crippen LogP contribution in [0.4, 0.5) is 51.6 Å². The van der Waals surface area contributed by atoms with Crippen molar-refractivity contribution in [1.29, 1.82) is 0 Å². The summed E-state index contributed by atoms with van der Waals surface area (Å²) >= 11 is 0. The number of rotatable bonds is 9. The molecule has 0 aliphatic carbocycles. The van der Waals surface area contributed by atoms with Gasteiger partial charge < -0.3 is 0 Å². The van der Waals surface area contributed by atoms with Gasteiger partial charge in [-0.1, -0.05) is 91.0 Å². The molecule has 0 aliphatic rings. The number of hydrogen-bond donors (Lipinski definition) is 0. The molecule has 0 saturated carbocycles. The van der Waals surface area contributed by atoms with Crippen molar-refractivity contribution >= 4 is 51.6 Å². The van der Waals surface area contributed by atoms with Crippen LogP contribution in [0.2, 0.25) is 0 Å². The van der Waals surface area contributed by atoms with Gasteiger partial charge in [0.25, 0.3) is 0 Å². The Morgan fingerprint density at radius 2 is 0.622 bits per heavy atom. The van der Waals surface area contributed by atoms with Crippen LogP contribution in [0.25, 0.3) is 0 Å². The molecule has 2 heterocycles. The lowest BCUT2D eigenvalue weighted by atomic mass is 10.1. The van der Waals surface area contributed by atoms with Crippen molar-refractivity contribution < 1.29 is 0 Å². The number of benzene rings is 5. The lowest BCUT2D eigenvalue weighted by Gasteiger charge is -2.29. The van der Waals surface area contributed by atoms with Crippen molar-refractivity contribution in [3.05, 3.63) is 188 Å². The maximum absolute atomic E-state index is 5.30. The van der Waals surface area contributed by atoms with Crippen LogP contribution >= 0.6 is 0 Å². The second-order valence-electron chi connectivity index (χ2n) is 10.4. The molecular weight excluding hydrogens is 550 g/mol. The Morgan fingerprint density at radius 3 is 1.04 bits per heavy atom. The van der Waals surface area contributed by atoms with Gasteiger partial charge in [-0.2, -0.15) is 0 Å². The molecule has 5 aromatic carbocycles. The Balaban J connectivity index is 1.36. The molecule has 2 aromatic heterocycles. The van der Waals surface area contributed by atoms with E-state index in [9.17, 15) is 0 Å². The summed E-state index contributed by atoms with van der Waals surface area (Å²) in [6.45, 7) is 0. The van der Waals surface area contributed by atoms with Crippen LogP contribution in [-0.4, -0.2) is 9.97 Å². The summed E-state index contributed by atoms with van der Waals surface area (Å²) in [5.74, 6) is 2.46. The molecule has 7 rings (SSSR count). The molecule has 0 atom stereocenters. The minimum atomic E-state index is 0.803. The number of aromatic nitrogens is 2. The van der Waals surface area contributed by atoms with Gasteiger partial charge in [-0.15, -0.1) is 0 Å². The Bertz CT molecular complexity index is 1750. The molecule has 5 heteroatoms. The fraction of sp³-hybridized carbons (Fsp3) is 0. The van der Waals surface area contributed by atoms with Gasteiger partial charge in [0.05, 0.1) is 0 Å². The highest BCUT2D eigenvalue weighted by molar-refractivity contribution is 5.82. The third kappa shape index (κ3) is 6.01. The van der Waals surface area contributed by atoms with E-state index in [0.717, 1.165) is 51.6 Å². The summed E-state index contributed by atoms with van der Waals surface area (Å²) in [6.07, 6.45) is 1.83. The van der Waals surface area contributed by atoms with E-state index >= 15 is 0 Å². The highest BCUT2D eigenvalue weighted by Crippen LogP contribution is 2.40. The fourth-order valence-electron chi connectivity index (χ4n) is 5.47. The summed E-state index contributed by atoms with van der Waals surface area (Å²) in [5, 5.41) is 0. The summed E-state index contributed by atoms with van der Waals surface area (Å²) in [4.78, 5) is 16.6. The van der Waals surface area contributed by atoms with Crippen molar-refractivity contribution in [2.45, 2.75) is 0 Å². The predicted molar refractivity (Wildman–Crippen MR) is 186 cm³/mol. The highest BCUT2D eigenvalue weighted by atomic mass is 15.3. The van der Waals surface area contributed by atoms with Gasteiger partial charge in [0.15, 0.2) is 0 Å². The summed E-state index contributed by atoms with van der Waals surface area (Å²) in [5.41, 5.74) is 6.08. The molecule has 5 nitrogen and oxygen atoms in total. The predicted octanol–water partition coefficient (Wildman–Crippen LogP) is 10.9. The smallest absolute Gasteiger partial charge is 0.140 e. The van der Waals surface area contributed by atoms with Crippen molar-refractivity contribution in [1.82, 2.24) is 9.97 Å². The van der Waals surface area contributed by atoms with Crippen LogP contribution < -0.4 is 14.7 Å². The summed E-state index contributed by atoms with van der Waals surface area (Å²) in [6, 6.07) is 62.1. The minimum absolute atomic E-state index is 0.803. The molecule has 0 aliphatic heterocycles.